The quantitative estimate of drug-likeness (QED) is 0.805. The molecular weight excluding hydrogens is 323 g/mol. The zero-order valence-corrected chi connectivity index (χ0v) is 14.3. The third-order valence-electron chi connectivity index (χ3n) is 4.11. The van der Waals surface area contributed by atoms with Crippen LogP contribution in [-0.4, -0.2) is 37.0 Å². The van der Waals surface area contributed by atoms with Crippen LogP contribution < -0.4 is 10.5 Å². The Morgan fingerprint density at radius 3 is 2.91 bits per heavy atom. The van der Waals surface area contributed by atoms with Gasteiger partial charge in [0.15, 0.2) is 0 Å². The molecule has 1 aliphatic rings. The molecule has 1 heterocycles. The van der Waals surface area contributed by atoms with Gasteiger partial charge in [-0.1, -0.05) is 36.2 Å². The summed E-state index contributed by atoms with van der Waals surface area (Å²) in [4.78, 5) is 14.1. The van der Waals surface area contributed by atoms with Gasteiger partial charge in [0.25, 0.3) is 0 Å². The van der Waals surface area contributed by atoms with Crippen LogP contribution in [0.25, 0.3) is 0 Å². The Bertz CT molecular complexity index is 539. The molecule has 122 valence electrons. The highest BCUT2D eigenvalue weighted by molar-refractivity contribution is 6.42. The summed E-state index contributed by atoms with van der Waals surface area (Å²) >= 11 is 12.0. The third kappa shape index (κ3) is 4.28. The minimum absolute atomic E-state index is 0.0699. The van der Waals surface area contributed by atoms with E-state index in [4.69, 9.17) is 33.7 Å². The van der Waals surface area contributed by atoms with Crippen LogP contribution in [0.2, 0.25) is 10.0 Å². The van der Waals surface area contributed by atoms with Gasteiger partial charge in [-0.05, 0) is 36.9 Å². The first kappa shape index (κ1) is 17.4. The van der Waals surface area contributed by atoms with E-state index in [0.717, 1.165) is 19.5 Å². The van der Waals surface area contributed by atoms with Crippen LogP contribution in [0, 0.1) is 5.41 Å². The standard InChI is InChI=1S/C16H22Cl2N2O2/c1-16(10-19)7-8-20(11-16)14(21)6-3-9-22-13-5-2-4-12(17)15(13)18/h2,4-5H,3,6-11,19H2,1H3. The monoisotopic (exact) mass is 344 g/mol. The fourth-order valence-corrected chi connectivity index (χ4v) is 2.91. The van der Waals surface area contributed by atoms with Crippen LogP contribution in [0.5, 0.6) is 5.75 Å². The number of likely N-dealkylation sites (tertiary alicyclic amines) is 1. The van der Waals surface area contributed by atoms with Gasteiger partial charge in [-0.25, -0.2) is 0 Å². The second-order valence-electron chi connectivity index (χ2n) is 6.08. The van der Waals surface area contributed by atoms with E-state index in [1.54, 1.807) is 18.2 Å². The molecule has 0 bridgehead atoms. The predicted octanol–water partition coefficient (Wildman–Crippen LogP) is 3.35. The number of halogens is 2. The lowest BCUT2D eigenvalue weighted by atomic mass is 9.90. The van der Waals surface area contributed by atoms with E-state index in [-0.39, 0.29) is 11.3 Å². The Balaban J connectivity index is 1.73. The van der Waals surface area contributed by atoms with Gasteiger partial charge in [-0.3, -0.25) is 4.79 Å². The Labute approximate surface area is 141 Å². The van der Waals surface area contributed by atoms with Gasteiger partial charge < -0.3 is 15.4 Å². The van der Waals surface area contributed by atoms with Crippen molar-refractivity contribution in [2.75, 3.05) is 26.2 Å². The Morgan fingerprint density at radius 2 is 2.23 bits per heavy atom. The molecule has 2 N–H and O–H groups in total. The molecule has 6 heteroatoms. The molecule has 0 saturated carbocycles. The molecule has 1 fully saturated rings. The summed E-state index contributed by atoms with van der Waals surface area (Å²) in [7, 11) is 0. The topological polar surface area (TPSA) is 55.6 Å². The van der Waals surface area contributed by atoms with Crippen LogP contribution in [-0.2, 0) is 4.79 Å². The highest BCUT2D eigenvalue weighted by Crippen LogP contribution is 2.32. The largest absolute Gasteiger partial charge is 0.492 e. The maximum atomic E-state index is 12.2. The predicted molar refractivity (Wildman–Crippen MR) is 89.5 cm³/mol. The first-order chi connectivity index (χ1) is 10.4. The van der Waals surface area contributed by atoms with Crippen molar-refractivity contribution in [1.29, 1.82) is 0 Å². The zero-order valence-electron chi connectivity index (χ0n) is 12.8. The highest BCUT2D eigenvalue weighted by Gasteiger charge is 2.34. The summed E-state index contributed by atoms with van der Waals surface area (Å²) in [5.74, 6) is 0.719. The van der Waals surface area contributed by atoms with Crippen LogP contribution in [0.4, 0.5) is 0 Å². The van der Waals surface area contributed by atoms with Crippen molar-refractivity contribution >= 4 is 29.1 Å². The minimum atomic E-state index is 0.0699. The lowest BCUT2D eigenvalue weighted by molar-refractivity contribution is -0.130. The number of rotatable bonds is 6. The normalized spacial score (nSPS) is 21.2. The van der Waals surface area contributed by atoms with Gasteiger partial charge in [-0.15, -0.1) is 0 Å². The molecule has 0 aromatic heterocycles. The van der Waals surface area contributed by atoms with E-state index in [0.29, 0.717) is 41.8 Å². The lowest BCUT2D eigenvalue weighted by Crippen LogP contribution is -2.34. The summed E-state index contributed by atoms with van der Waals surface area (Å²) in [6.45, 7) is 4.74. The molecule has 0 spiro atoms. The maximum absolute atomic E-state index is 12.2. The summed E-state index contributed by atoms with van der Waals surface area (Å²) < 4.78 is 5.59. The van der Waals surface area contributed by atoms with Crippen molar-refractivity contribution in [2.24, 2.45) is 11.1 Å². The van der Waals surface area contributed by atoms with Gasteiger partial charge in [0.1, 0.15) is 10.8 Å². The van der Waals surface area contributed by atoms with E-state index >= 15 is 0 Å². The van der Waals surface area contributed by atoms with Gasteiger partial charge in [0, 0.05) is 19.5 Å². The minimum Gasteiger partial charge on any atom is -0.492 e. The van der Waals surface area contributed by atoms with Gasteiger partial charge in [0.2, 0.25) is 5.91 Å². The van der Waals surface area contributed by atoms with Crippen LogP contribution in [0.1, 0.15) is 26.2 Å². The summed E-state index contributed by atoms with van der Waals surface area (Å²) in [6, 6.07) is 5.26. The van der Waals surface area contributed by atoms with Gasteiger partial charge in [-0.2, -0.15) is 0 Å². The molecular formula is C16H22Cl2N2O2. The fraction of sp³-hybridized carbons (Fsp3) is 0.562. The van der Waals surface area contributed by atoms with E-state index in [2.05, 4.69) is 6.92 Å². The van der Waals surface area contributed by atoms with Crippen molar-refractivity contribution in [3.63, 3.8) is 0 Å². The van der Waals surface area contributed by atoms with Crippen LogP contribution in [0.3, 0.4) is 0 Å². The molecule has 1 saturated heterocycles. The van der Waals surface area contributed by atoms with Crippen molar-refractivity contribution in [3.8, 4) is 5.75 Å². The number of nitrogens with zero attached hydrogens (tertiary/aromatic N) is 1. The number of benzene rings is 1. The fourth-order valence-electron chi connectivity index (χ4n) is 2.56. The molecule has 1 aromatic rings. The number of carbonyl (C=O) groups excluding carboxylic acids is 1. The highest BCUT2D eigenvalue weighted by atomic mass is 35.5. The van der Waals surface area contributed by atoms with E-state index < -0.39 is 0 Å². The molecule has 0 aliphatic carbocycles. The number of hydrogen-bond acceptors (Lipinski definition) is 3. The Hall–Kier alpha value is -0.970. The van der Waals surface area contributed by atoms with E-state index in [1.165, 1.54) is 0 Å². The van der Waals surface area contributed by atoms with E-state index in [9.17, 15) is 4.79 Å². The van der Waals surface area contributed by atoms with Gasteiger partial charge >= 0.3 is 0 Å². The smallest absolute Gasteiger partial charge is 0.222 e. The third-order valence-corrected chi connectivity index (χ3v) is 4.91. The molecule has 22 heavy (non-hydrogen) atoms. The SMILES string of the molecule is CC1(CN)CCN(C(=O)CCCOc2cccc(Cl)c2Cl)C1. The van der Waals surface area contributed by atoms with Crippen molar-refractivity contribution in [3.05, 3.63) is 28.2 Å². The summed E-state index contributed by atoms with van der Waals surface area (Å²) in [5.41, 5.74) is 5.83. The molecule has 4 nitrogen and oxygen atoms in total. The molecule has 1 atom stereocenters. The molecule has 0 radical (unpaired) electrons. The average Bonchev–Trinajstić information content (AvgIpc) is 2.91. The number of carbonyl (C=O) groups is 1. The van der Waals surface area contributed by atoms with Gasteiger partial charge in [0.05, 0.1) is 11.6 Å². The number of amides is 1. The summed E-state index contributed by atoms with van der Waals surface area (Å²) in [6.07, 6.45) is 2.10. The van der Waals surface area contributed by atoms with Crippen LogP contribution >= 0.6 is 23.2 Å². The number of ether oxygens (including phenoxy) is 1. The maximum Gasteiger partial charge on any atom is 0.222 e. The zero-order chi connectivity index (χ0) is 16.2. The van der Waals surface area contributed by atoms with Crippen LogP contribution in [0.15, 0.2) is 18.2 Å². The molecule has 1 aromatic carbocycles. The van der Waals surface area contributed by atoms with Crippen molar-refractivity contribution in [2.45, 2.75) is 26.2 Å². The Morgan fingerprint density at radius 1 is 1.45 bits per heavy atom. The Kier molecular flexibility index (Phi) is 5.95. The first-order valence-electron chi connectivity index (χ1n) is 7.50. The molecule has 1 amide bonds. The number of nitrogens with two attached hydrogens (primary N) is 1. The molecule has 1 aliphatic heterocycles. The molecule has 2 rings (SSSR count). The molecule has 1 unspecified atom stereocenters. The average molecular weight is 345 g/mol. The second-order valence-corrected chi connectivity index (χ2v) is 6.87. The lowest BCUT2D eigenvalue weighted by Gasteiger charge is -2.22. The second kappa shape index (κ2) is 7.53. The van der Waals surface area contributed by atoms with Crippen molar-refractivity contribution in [1.82, 2.24) is 4.90 Å². The van der Waals surface area contributed by atoms with E-state index in [1.807, 2.05) is 4.90 Å². The summed E-state index contributed by atoms with van der Waals surface area (Å²) in [5, 5.41) is 0.877. The number of hydrogen-bond donors (Lipinski definition) is 1. The first-order valence-corrected chi connectivity index (χ1v) is 8.25. The van der Waals surface area contributed by atoms with Crippen molar-refractivity contribution < 1.29 is 9.53 Å².